The molecule has 0 amide bonds. The second-order valence-corrected chi connectivity index (χ2v) is 4.71. The van der Waals surface area contributed by atoms with Crippen LogP contribution in [0.1, 0.15) is 11.6 Å². The molecule has 0 saturated carbocycles. The molecule has 0 spiro atoms. The minimum Gasteiger partial charge on any atom is -0.395 e. The zero-order chi connectivity index (χ0) is 14.5. The van der Waals surface area contributed by atoms with E-state index in [4.69, 9.17) is 5.11 Å². The lowest BCUT2D eigenvalue weighted by Crippen LogP contribution is -2.38. The van der Waals surface area contributed by atoms with E-state index in [2.05, 4.69) is 20.3 Å². The highest BCUT2D eigenvalue weighted by Crippen LogP contribution is 2.42. The topological polar surface area (TPSA) is 114 Å². The quantitative estimate of drug-likeness (QED) is 0.498. The molecule has 2 aromatic heterocycles. The molecule has 2 aromatic rings. The average molecular weight is 286 g/mol. The van der Waals surface area contributed by atoms with Gasteiger partial charge in [-0.25, -0.2) is 13.8 Å². The van der Waals surface area contributed by atoms with E-state index in [0.29, 0.717) is 0 Å². The number of nitrogens with zero attached hydrogens (tertiary/aromatic N) is 1. The summed E-state index contributed by atoms with van der Waals surface area (Å²) in [5, 5.41) is 21.0. The molecule has 0 unspecified atom stereocenters. The molecular weight excluding hydrogens is 274 g/mol. The summed E-state index contributed by atoms with van der Waals surface area (Å²) >= 11 is 0. The molecule has 0 bridgehead atoms. The lowest BCUT2D eigenvalue weighted by atomic mass is 10.0. The third-order valence-corrected chi connectivity index (χ3v) is 3.55. The Hall–Kier alpha value is -1.84. The summed E-state index contributed by atoms with van der Waals surface area (Å²) in [4.78, 5) is 20.3. The van der Waals surface area contributed by atoms with Gasteiger partial charge in [-0.2, -0.15) is 0 Å². The Morgan fingerprint density at radius 3 is 2.80 bits per heavy atom. The molecule has 7 nitrogen and oxygen atoms in total. The van der Waals surface area contributed by atoms with Crippen molar-refractivity contribution < 1.29 is 19.0 Å². The van der Waals surface area contributed by atoms with Crippen molar-refractivity contribution in [3.63, 3.8) is 0 Å². The molecule has 5 N–H and O–H groups in total. The number of hydrogen-bond acceptors (Lipinski definition) is 5. The maximum atomic E-state index is 14.1. The Balaban J connectivity index is 2.12. The standard InChI is InChI=1S/C11H12F2N4O3/c12-11(13)8(17-5(2-18)9(11)19)4-1-14-7-6(4)15-3-16-10(7)20/h1,3,5,8-9,14,17-19H,2H2,(H,15,16,20)/t5-,8+,9+/m1/s1. The van der Waals surface area contributed by atoms with Gasteiger partial charge in [0.15, 0.2) is 0 Å². The van der Waals surface area contributed by atoms with Crippen molar-refractivity contribution in [3.8, 4) is 0 Å². The van der Waals surface area contributed by atoms with Crippen LogP contribution in [0.3, 0.4) is 0 Å². The van der Waals surface area contributed by atoms with E-state index in [1.165, 1.54) is 6.20 Å². The van der Waals surface area contributed by atoms with Crippen molar-refractivity contribution in [1.82, 2.24) is 20.3 Å². The van der Waals surface area contributed by atoms with Crippen molar-refractivity contribution in [2.75, 3.05) is 6.61 Å². The SMILES string of the molecule is O=c1[nH]cnc2c([C@@H]3N[C@H](CO)[C@H](O)C3(F)F)c[nH]c12. The van der Waals surface area contributed by atoms with Crippen LogP contribution < -0.4 is 10.9 Å². The molecule has 0 radical (unpaired) electrons. The lowest BCUT2D eigenvalue weighted by molar-refractivity contribution is -0.103. The Bertz CT molecular complexity index is 698. The average Bonchev–Trinajstić information content (AvgIpc) is 2.92. The maximum Gasteiger partial charge on any atom is 0.294 e. The van der Waals surface area contributed by atoms with Crippen LogP contribution in [0.2, 0.25) is 0 Å². The molecule has 9 heteroatoms. The summed E-state index contributed by atoms with van der Waals surface area (Å²) in [6.07, 6.45) is 0.365. The molecule has 1 aliphatic heterocycles. The molecule has 3 rings (SSSR count). The van der Waals surface area contributed by atoms with E-state index in [9.17, 15) is 18.7 Å². The normalized spacial score (nSPS) is 29.1. The van der Waals surface area contributed by atoms with Gasteiger partial charge in [0.25, 0.3) is 11.5 Å². The zero-order valence-corrected chi connectivity index (χ0v) is 10.1. The molecular formula is C11H12F2N4O3. The first-order valence-corrected chi connectivity index (χ1v) is 5.94. The number of aromatic nitrogens is 3. The number of alkyl halides is 2. The van der Waals surface area contributed by atoms with Crippen LogP contribution in [0.25, 0.3) is 11.0 Å². The van der Waals surface area contributed by atoms with Crippen LogP contribution >= 0.6 is 0 Å². The van der Waals surface area contributed by atoms with Gasteiger partial charge in [-0.15, -0.1) is 0 Å². The highest BCUT2D eigenvalue weighted by molar-refractivity contribution is 5.78. The second-order valence-electron chi connectivity index (χ2n) is 4.71. The number of aliphatic hydroxyl groups excluding tert-OH is 2. The second kappa shape index (κ2) is 4.33. The molecule has 1 fully saturated rings. The predicted octanol–water partition coefficient (Wildman–Crippen LogP) is -0.747. The molecule has 1 saturated heterocycles. The van der Waals surface area contributed by atoms with E-state index in [-0.39, 0.29) is 16.6 Å². The van der Waals surface area contributed by atoms with Gasteiger partial charge < -0.3 is 20.2 Å². The third kappa shape index (κ3) is 1.67. The van der Waals surface area contributed by atoms with E-state index in [0.717, 1.165) is 6.33 Å². The fraction of sp³-hybridized carbons (Fsp3) is 0.455. The number of aliphatic hydroxyl groups is 2. The molecule has 20 heavy (non-hydrogen) atoms. The van der Waals surface area contributed by atoms with Crippen LogP contribution in [-0.4, -0.2) is 49.8 Å². The Kier molecular flexibility index (Phi) is 2.85. The third-order valence-electron chi connectivity index (χ3n) is 3.55. The Labute approximate surface area is 110 Å². The highest BCUT2D eigenvalue weighted by Gasteiger charge is 2.57. The first-order valence-electron chi connectivity index (χ1n) is 5.94. The van der Waals surface area contributed by atoms with Crippen LogP contribution in [0.15, 0.2) is 17.3 Å². The number of rotatable bonds is 2. The number of hydrogen-bond donors (Lipinski definition) is 5. The smallest absolute Gasteiger partial charge is 0.294 e. The summed E-state index contributed by atoms with van der Waals surface area (Å²) < 4.78 is 28.2. The number of nitrogens with one attached hydrogen (secondary N) is 3. The largest absolute Gasteiger partial charge is 0.395 e. The summed E-state index contributed by atoms with van der Waals surface area (Å²) in [5.41, 5.74) is -0.202. The maximum absolute atomic E-state index is 14.1. The van der Waals surface area contributed by atoms with Crippen molar-refractivity contribution >= 4 is 11.0 Å². The van der Waals surface area contributed by atoms with Crippen molar-refractivity contribution in [2.45, 2.75) is 24.1 Å². The molecule has 3 atom stereocenters. The monoisotopic (exact) mass is 286 g/mol. The van der Waals surface area contributed by atoms with E-state index in [1.807, 2.05) is 0 Å². The van der Waals surface area contributed by atoms with Gasteiger partial charge in [0, 0.05) is 11.8 Å². The van der Waals surface area contributed by atoms with E-state index >= 15 is 0 Å². The molecule has 3 heterocycles. The van der Waals surface area contributed by atoms with Gasteiger partial charge >= 0.3 is 0 Å². The molecule has 0 aliphatic carbocycles. The van der Waals surface area contributed by atoms with Crippen LogP contribution in [0.5, 0.6) is 0 Å². The summed E-state index contributed by atoms with van der Waals surface area (Å²) in [6.45, 7) is -0.621. The zero-order valence-electron chi connectivity index (χ0n) is 10.1. The first-order chi connectivity index (χ1) is 9.46. The Morgan fingerprint density at radius 2 is 2.15 bits per heavy atom. The summed E-state index contributed by atoms with van der Waals surface area (Å²) in [5.74, 6) is -3.48. The number of H-pyrrole nitrogens is 2. The van der Waals surface area contributed by atoms with Crippen LogP contribution in [0.4, 0.5) is 8.78 Å². The van der Waals surface area contributed by atoms with Crippen LogP contribution in [-0.2, 0) is 0 Å². The fourth-order valence-electron chi connectivity index (χ4n) is 2.50. The Morgan fingerprint density at radius 1 is 1.40 bits per heavy atom. The minimum absolute atomic E-state index is 0.0751. The van der Waals surface area contributed by atoms with Gasteiger partial charge in [-0.3, -0.25) is 10.1 Å². The van der Waals surface area contributed by atoms with E-state index < -0.39 is 36.3 Å². The van der Waals surface area contributed by atoms with Crippen molar-refractivity contribution in [3.05, 3.63) is 28.4 Å². The number of halogens is 2. The van der Waals surface area contributed by atoms with Crippen molar-refractivity contribution in [2.24, 2.45) is 0 Å². The predicted molar refractivity (Wildman–Crippen MR) is 64.4 cm³/mol. The van der Waals surface area contributed by atoms with Crippen molar-refractivity contribution in [1.29, 1.82) is 0 Å². The molecule has 0 aromatic carbocycles. The summed E-state index contributed by atoms with van der Waals surface area (Å²) in [7, 11) is 0. The van der Waals surface area contributed by atoms with Crippen LogP contribution in [0, 0.1) is 0 Å². The molecule has 108 valence electrons. The van der Waals surface area contributed by atoms with Gasteiger partial charge in [0.1, 0.15) is 23.2 Å². The number of fused-ring (bicyclic) bond motifs is 1. The fourth-order valence-corrected chi connectivity index (χ4v) is 2.50. The van der Waals surface area contributed by atoms with Gasteiger partial charge in [-0.1, -0.05) is 0 Å². The van der Waals surface area contributed by atoms with Gasteiger partial charge in [0.2, 0.25) is 0 Å². The van der Waals surface area contributed by atoms with Gasteiger partial charge in [0.05, 0.1) is 19.0 Å². The first kappa shape index (κ1) is 13.2. The van der Waals surface area contributed by atoms with E-state index in [1.54, 1.807) is 0 Å². The number of aromatic amines is 2. The minimum atomic E-state index is -3.48. The summed E-state index contributed by atoms with van der Waals surface area (Å²) in [6, 6.07) is -2.67. The van der Waals surface area contributed by atoms with Gasteiger partial charge in [-0.05, 0) is 0 Å². The lowest BCUT2D eigenvalue weighted by Gasteiger charge is -2.20. The molecule has 1 aliphatic rings. The highest BCUT2D eigenvalue weighted by atomic mass is 19.3.